The first kappa shape index (κ1) is 13.2. The molecule has 0 spiro atoms. The summed E-state index contributed by atoms with van der Waals surface area (Å²) in [7, 11) is 0. The molecule has 1 N–H and O–H groups in total. The van der Waals surface area contributed by atoms with Crippen molar-refractivity contribution in [2.45, 2.75) is 53.5 Å². The van der Waals surface area contributed by atoms with Gasteiger partial charge < -0.3 is 5.32 Å². The van der Waals surface area contributed by atoms with Crippen LogP contribution in [-0.2, 0) is 4.79 Å². The van der Waals surface area contributed by atoms with Crippen molar-refractivity contribution < 1.29 is 4.79 Å². The fraction of sp³-hybridized carbons (Fsp3) is 0.750. The summed E-state index contributed by atoms with van der Waals surface area (Å²) in [6, 6.07) is 0. The maximum atomic E-state index is 11.7. The quantitative estimate of drug-likeness (QED) is 0.692. The van der Waals surface area contributed by atoms with E-state index in [1.807, 2.05) is 33.8 Å². The molecule has 0 atom stereocenters. The van der Waals surface area contributed by atoms with Crippen LogP contribution in [0.25, 0.3) is 0 Å². The lowest BCUT2D eigenvalue weighted by Gasteiger charge is -2.21. The number of hydrogen-bond donors (Lipinski definition) is 1. The molecule has 0 aromatic rings. The van der Waals surface area contributed by atoms with E-state index >= 15 is 0 Å². The summed E-state index contributed by atoms with van der Waals surface area (Å²) >= 11 is 0. The second-order valence-electron chi connectivity index (χ2n) is 4.99. The summed E-state index contributed by atoms with van der Waals surface area (Å²) in [5.74, 6) is 0.490. The van der Waals surface area contributed by atoms with Crippen molar-refractivity contribution in [3.63, 3.8) is 0 Å². The zero-order valence-corrected chi connectivity index (χ0v) is 10.3. The first-order valence-electron chi connectivity index (χ1n) is 5.29. The van der Waals surface area contributed by atoms with Crippen molar-refractivity contribution in [2.24, 2.45) is 5.92 Å². The van der Waals surface area contributed by atoms with Gasteiger partial charge in [0.15, 0.2) is 0 Å². The zero-order chi connectivity index (χ0) is 11.4. The molecule has 2 heteroatoms. The molecule has 0 unspecified atom stereocenters. The lowest BCUT2D eigenvalue weighted by molar-refractivity contribution is -0.119. The van der Waals surface area contributed by atoms with Gasteiger partial charge in [0.1, 0.15) is 0 Å². The normalized spacial score (nSPS) is 13.2. The summed E-state index contributed by atoms with van der Waals surface area (Å²) < 4.78 is 0. The Balaban J connectivity index is 4.49. The van der Waals surface area contributed by atoms with Gasteiger partial charge in [-0.25, -0.2) is 0 Å². The van der Waals surface area contributed by atoms with E-state index in [0.717, 1.165) is 12.0 Å². The van der Waals surface area contributed by atoms with Crippen LogP contribution in [0.1, 0.15) is 48.0 Å². The highest BCUT2D eigenvalue weighted by atomic mass is 16.1. The molecule has 82 valence electrons. The van der Waals surface area contributed by atoms with Crippen molar-refractivity contribution >= 4 is 5.91 Å². The van der Waals surface area contributed by atoms with Crippen LogP contribution in [0.2, 0.25) is 0 Å². The Labute approximate surface area is 87.8 Å². The number of carbonyl (C=O) groups is 1. The fourth-order valence-corrected chi connectivity index (χ4v) is 1.18. The van der Waals surface area contributed by atoms with Gasteiger partial charge in [-0.1, -0.05) is 26.8 Å². The molecule has 0 bridgehead atoms. The lowest BCUT2D eigenvalue weighted by atomic mass is 10.0. The van der Waals surface area contributed by atoms with Crippen molar-refractivity contribution in [3.05, 3.63) is 11.6 Å². The van der Waals surface area contributed by atoms with Gasteiger partial charge in [0.05, 0.1) is 0 Å². The monoisotopic (exact) mass is 197 g/mol. The van der Waals surface area contributed by atoms with Crippen LogP contribution in [-0.4, -0.2) is 11.4 Å². The molecule has 0 saturated carbocycles. The molecule has 0 fully saturated rings. The van der Waals surface area contributed by atoms with Crippen molar-refractivity contribution in [1.82, 2.24) is 5.32 Å². The Morgan fingerprint density at radius 3 is 2.14 bits per heavy atom. The van der Waals surface area contributed by atoms with Crippen LogP contribution in [0.3, 0.4) is 0 Å². The Kier molecular flexibility index (Phi) is 4.89. The molecule has 0 aliphatic heterocycles. The number of allylic oxidation sites excluding steroid dienone is 1. The third-order valence-corrected chi connectivity index (χ3v) is 1.70. The molecular weight excluding hydrogens is 174 g/mol. The minimum absolute atomic E-state index is 0.0636. The van der Waals surface area contributed by atoms with Gasteiger partial charge in [0.2, 0.25) is 5.91 Å². The van der Waals surface area contributed by atoms with E-state index in [2.05, 4.69) is 19.2 Å². The summed E-state index contributed by atoms with van der Waals surface area (Å²) in [5.41, 5.74) is 0.734. The van der Waals surface area contributed by atoms with Crippen molar-refractivity contribution in [2.75, 3.05) is 0 Å². The molecule has 1 amide bonds. The number of hydrogen-bond acceptors (Lipinski definition) is 1. The second kappa shape index (κ2) is 5.18. The first-order valence-corrected chi connectivity index (χ1v) is 5.29. The van der Waals surface area contributed by atoms with Crippen LogP contribution in [0.15, 0.2) is 11.6 Å². The van der Waals surface area contributed by atoms with E-state index in [9.17, 15) is 4.79 Å². The minimum atomic E-state index is -0.150. The van der Waals surface area contributed by atoms with E-state index in [-0.39, 0.29) is 11.4 Å². The van der Waals surface area contributed by atoms with Crippen LogP contribution in [0.5, 0.6) is 0 Å². The highest BCUT2D eigenvalue weighted by Crippen LogP contribution is 2.09. The average molecular weight is 197 g/mol. The largest absolute Gasteiger partial charge is 0.348 e. The molecule has 0 radical (unpaired) electrons. The molecule has 0 aromatic carbocycles. The Bertz CT molecular complexity index is 221. The topological polar surface area (TPSA) is 29.1 Å². The van der Waals surface area contributed by atoms with Crippen LogP contribution < -0.4 is 5.32 Å². The predicted molar refractivity (Wildman–Crippen MR) is 61.1 cm³/mol. The Morgan fingerprint density at radius 1 is 1.36 bits per heavy atom. The smallest absolute Gasteiger partial charge is 0.247 e. The fourth-order valence-electron chi connectivity index (χ4n) is 1.18. The number of nitrogens with one attached hydrogen (secondary N) is 1. The van der Waals surface area contributed by atoms with Crippen molar-refractivity contribution in [1.29, 1.82) is 0 Å². The van der Waals surface area contributed by atoms with Gasteiger partial charge in [0, 0.05) is 11.1 Å². The standard InChI is InChI=1S/C12H23NO/c1-7-10(8-9(2)3)11(14)13-12(4,5)6/h8-9H,7H2,1-6H3,(H,13,14)/b10-8+. The summed E-state index contributed by atoms with van der Waals surface area (Å²) in [5, 5.41) is 2.97. The van der Waals surface area contributed by atoms with Gasteiger partial charge in [-0.15, -0.1) is 0 Å². The number of carbonyl (C=O) groups excluding carboxylic acids is 1. The van der Waals surface area contributed by atoms with Crippen LogP contribution in [0, 0.1) is 5.92 Å². The molecule has 0 aliphatic carbocycles. The third kappa shape index (κ3) is 5.79. The van der Waals surface area contributed by atoms with Crippen LogP contribution >= 0.6 is 0 Å². The average Bonchev–Trinajstić information content (AvgIpc) is 1.96. The lowest BCUT2D eigenvalue weighted by Crippen LogP contribution is -2.41. The van der Waals surface area contributed by atoms with E-state index in [4.69, 9.17) is 0 Å². The minimum Gasteiger partial charge on any atom is -0.348 e. The maximum absolute atomic E-state index is 11.7. The van der Waals surface area contributed by atoms with E-state index < -0.39 is 0 Å². The molecule has 0 saturated heterocycles. The Hall–Kier alpha value is -0.790. The second-order valence-corrected chi connectivity index (χ2v) is 4.99. The van der Waals surface area contributed by atoms with E-state index in [0.29, 0.717) is 5.92 Å². The van der Waals surface area contributed by atoms with Gasteiger partial charge in [-0.2, -0.15) is 0 Å². The molecule has 0 heterocycles. The van der Waals surface area contributed by atoms with Gasteiger partial charge in [-0.3, -0.25) is 4.79 Å². The van der Waals surface area contributed by atoms with E-state index in [1.165, 1.54) is 0 Å². The van der Waals surface area contributed by atoms with Crippen LogP contribution in [0.4, 0.5) is 0 Å². The maximum Gasteiger partial charge on any atom is 0.247 e. The van der Waals surface area contributed by atoms with Gasteiger partial charge in [-0.05, 0) is 33.1 Å². The molecule has 0 aliphatic rings. The summed E-state index contributed by atoms with van der Waals surface area (Å²) in [4.78, 5) is 11.7. The van der Waals surface area contributed by atoms with Gasteiger partial charge in [0.25, 0.3) is 0 Å². The number of rotatable bonds is 3. The first-order chi connectivity index (χ1) is 6.26. The summed E-state index contributed by atoms with van der Waals surface area (Å²) in [6.45, 7) is 12.2. The van der Waals surface area contributed by atoms with E-state index in [1.54, 1.807) is 0 Å². The number of amides is 1. The molecule has 0 rings (SSSR count). The third-order valence-electron chi connectivity index (χ3n) is 1.70. The molecule has 2 nitrogen and oxygen atoms in total. The molecule has 0 aromatic heterocycles. The Morgan fingerprint density at radius 2 is 1.86 bits per heavy atom. The zero-order valence-electron chi connectivity index (χ0n) is 10.3. The molecular formula is C12H23NO. The van der Waals surface area contributed by atoms with Crippen molar-refractivity contribution in [3.8, 4) is 0 Å². The highest BCUT2D eigenvalue weighted by Gasteiger charge is 2.16. The van der Waals surface area contributed by atoms with Gasteiger partial charge >= 0.3 is 0 Å². The predicted octanol–water partition coefficient (Wildman–Crippen LogP) is 2.89. The SMILES string of the molecule is CC/C(=C\C(C)C)C(=O)NC(C)(C)C. The molecule has 14 heavy (non-hydrogen) atoms. The summed E-state index contributed by atoms with van der Waals surface area (Å²) in [6.07, 6.45) is 2.82. The highest BCUT2D eigenvalue weighted by molar-refractivity contribution is 5.93.